The Balaban J connectivity index is 2.17. The summed E-state index contributed by atoms with van der Waals surface area (Å²) in [5, 5.41) is 11.2. The van der Waals surface area contributed by atoms with Crippen LogP contribution in [-0.2, 0) is 13.2 Å². The van der Waals surface area contributed by atoms with Crippen LogP contribution in [0.4, 0.5) is 0 Å². The van der Waals surface area contributed by atoms with Gasteiger partial charge < -0.3 is 9.67 Å². The summed E-state index contributed by atoms with van der Waals surface area (Å²) in [6.45, 7) is 2.77. The van der Waals surface area contributed by atoms with E-state index in [4.69, 9.17) is 11.6 Å². The Kier molecular flexibility index (Phi) is 3.51. The van der Waals surface area contributed by atoms with Gasteiger partial charge in [0.05, 0.1) is 6.61 Å². The summed E-state index contributed by atoms with van der Waals surface area (Å²) < 4.78 is 2.06. The van der Waals surface area contributed by atoms with Gasteiger partial charge in [-0.15, -0.1) is 0 Å². The van der Waals surface area contributed by atoms with Crippen molar-refractivity contribution in [3.8, 4) is 0 Å². The SMILES string of the molecule is Cc1ccccc1Cn1c(Cl)c(CO)c2ccccc21. The van der Waals surface area contributed by atoms with Gasteiger partial charge in [-0.2, -0.15) is 0 Å². The van der Waals surface area contributed by atoms with Gasteiger partial charge in [0.2, 0.25) is 0 Å². The fourth-order valence-electron chi connectivity index (χ4n) is 2.61. The van der Waals surface area contributed by atoms with E-state index in [-0.39, 0.29) is 6.61 Å². The molecule has 1 aromatic heterocycles. The third-order valence-electron chi connectivity index (χ3n) is 3.75. The highest BCUT2D eigenvalue weighted by atomic mass is 35.5. The van der Waals surface area contributed by atoms with Gasteiger partial charge >= 0.3 is 0 Å². The molecule has 102 valence electrons. The van der Waals surface area contributed by atoms with E-state index >= 15 is 0 Å². The Labute approximate surface area is 123 Å². The minimum Gasteiger partial charge on any atom is -0.392 e. The maximum atomic E-state index is 9.55. The molecular weight excluding hydrogens is 270 g/mol. The second-order valence-corrected chi connectivity index (χ2v) is 5.32. The van der Waals surface area contributed by atoms with E-state index in [1.807, 2.05) is 36.4 Å². The topological polar surface area (TPSA) is 25.2 Å². The van der Waals surface area contributed by atoms with Crippen molar-refractivity contribution in [2.45, 2.75) is 20.1 Å². The average Bonchev–Trinajstić information content (AvgIpc) is 2.74. The van der Waals surface area contributed by atoms with Crippen LogP contribution in [0.1, 0.15) is 16.7 Å². The number of aryl methyl sites for hydroxylation is 1. The Morgan fingerprint density at radius 3 is 2.50 bits per heavy atom. The zero-order chi connectivity index (χ0) is 14.1. The number of benzene rings is 2. The number of halogens is 1. The van der Waals surface area contributed by atoms with Crippen molar-refractivity contribution in [1.82, 2.24) is 4.57 Å². The summed E-state index contributed by atoms with van der Waals surface area (Å²) >= 11 is 6.46. The third kappa shape index (κ3) is 2.11. The molecule has 0 saturated heterocycles. The maximum absolute atomic E-state index is 9.55. The van der Waals surface area contributed by atoms with E-state index < -0.39 is 0 Å². The summed E-state index contributed by atoms with van der Waals surface area (Å²) in [6.07, 6.45) is 0. The van der Waals surface area contributed by atoms with Crippen LogP contribution >= 0.6 is 11.6 Å². The lowest BCUT2D eigenvalue weighted by atomic mass is 10.1. The Bertz CT molecular complexity index is 761. The smallest absolute Gasteiger partial charge is 0.115 e. The van der Waals surface area contributed by atoms with Crippen molar-refractivity contribution in [1.29, 1.82) is 0 Å². The van der Waals surface area contributed by atoms with Crippen molar-refractivity contribution in [3.63, 3.8) is 0 Å². The molecular formula is C17H16ClNO. The van der Waals surface area contributed by atoms with Crippen LogP contribution in [0.3, 0.4) is 0 Å². The highest BCUT2D eigenvalue weighted by Gasteiger charge is 2.15. The van der Waals surface area contributed by atoms with Crippen LogP contribution < -0.4 is 0 Å². The first kappa shape index (κ1) is 13.2. The molecule has 0 unspecified atom stereocenters. The molecule has 0 saturated carbocycles. The number of para-hydroxylation sites is 1. The lowest BCUT2D eigenvalue weighted by molar-refractivity contribution is 0.283. The highest BCUT2D eigenvalue weighted by molar-refractivity contribution is 6.32. The molecule has 0 fully saturated rings. The van der Waals surface area contributed by atoms with E-state index in [0.29, 0.717) is 11.7 Å². The van der Waals surface area contributed by atoms with Gasteiger partial charge in [0.15, 0.2) is 0 Å². The average molecular weight is 286 g/mol. The number of fused-ring (bicyclic) bond motifs is 1. The van der Waals surface area contributed by atoms with Crippen molar-refractivity contribution in [3.05, 3.63) is 70.4 Å². The van der Waals surface area contributed by atoms with E-state index in [1.165, 1.54) is 11.1 Å². The number of hydrogen-bond donors (Lipinski definition) is 1. The predicted molar refractivity (Wildman–Crippen MR) is 83.2 cm³/mol. The summed E-state index contributed by atoms with van der Waals surface area (Å²) in [6, 6.07) is 16.3. The molecule has 0 amide bonds. The first-order chi connectivity index (χ1) is 9.72. The molecule has 0 atom stereocenters. The van der Waals surface area contributed by atoms with Crippen LogP contribution in [0.15, 0.2) is 48.5 Å². The molecule has 2 aromatic carbocycles. The molecule has 2 nitrogen and oxygen atoms in total. The first-order valence-electron chi connectivity index (χ1n) is 6.63. The zero-order valence-corrected chi connectivity index (χ0v) is 12.1. The normalized spacial score (nSPS) is 11.2. The number of rotatable bonds is 3. The van der Waals surface area contributed by atoms with Gasteiger partial charge in [-0.05, 0) is 24.1 Å². The lowest BCUT2D eigenvalue weighted by Crippen LogP contribution is -2.01. The Morgan fingerprint density at radius 1 is 1.05 bits per heavy atom. The second-order valence-electron chi connectivity index (χ2n) is 4.96. The molecule has 20 heavy (non-hydrogen) atoms. The maximum Gasteiger partial charge on any atom is 0.115 e. The Hall–Kier alpha value is -1.77. The first-order valence-corrected chi connectivity index (χ1v) is 7.01. The molecule has 1 heterocycles. The van der Waals surface area contributed by atoms with Gasteiger partial charge in [0.25, 0.3) is 0 Å². The number of aliphatic hydroxyl groups is 1. The van der Waals surface area contributed by atoms with E-state index in [1.54, 1.807) is 0 Å². The minimum atomic E-state index is -0.0415. The summed E-state index contributed by atoms with van der Waals surface area (Å²) in [5.41, 5.74) is 4.34. The van der Waals surface area contributed by atoms with Crippen molar-refractivity contribution in [2.24, 2.45) is 0 Å². The van der Waals surface area contributed by atoms with Crippen LogP contribution in [0.25, 0.3) is 10.9 Å². The molecule has 3 rings (SSSR count). The quantitative estimate of drug-likeness (QED) is 0.768. The number of nitrogens with zero attached hydrogens (tertiary/aromatic N) is 1. The van der Waals surface area contributed by atoms with E-state index in [2.05, 4.69) is 23.6 Å². The predicted octanol–water partition coefficient (Wildman–Crippen LogP) is 4.14. The molecule has 3 aromatic rings. The summed E-state index contributed by atoms with van der Waals surface area (Å²) in [5.74, 6) is 0. The van der Waals surface area contributed by atoms with E-state index in [9.17, 15) is 5.11 Å². The third-order valence-corrected chi connectivity index (χ3v) is 4.19. The van der Waals surface area contributed by atoms with Crippen LogP contribution in [-0.4, -0.2) is 9.67 Å². The van der Waals surface area contributed by atoms with Gasteiger partial charge in [0, 0.05) is 23.0 Å². The fraction of sp³-hybridized carbons (Fsp3) is 0.176. The largest absolute Gasteiger partial charge is 0.392 e. The molecule has 0 spiro atoms. The molecule has 0 aliphatic carbocycles. The van der Waals surface area contributed by atoms with Crippen molar-refractivity contribution in [2.75, 3.05) is 0 Å². The molecule has 1 N–H and O–H groups in total. The molecule has 0 bridgehead atoms. The summed E-state index contributed by atoms with van der Waals surface area (Å²) in [7, 11) is 0. The molecule has 0 radical (unpaired) electrons. The fourth-order valence-corrected chi connectivity index (χ4v) is 2.92. The van der Waals surface area contributed by atoms with E-state index in [0.717, 1.165) is 16.5 Å². The molecule has 3 heteroatoms. The van der Waals surface area contributed by atoms with Gasteiger partial charge in [-0.3, -0.25) is 0 Å². The Morgan fingerprint density at radius 2 is 1.75 bits per heavy atom. The van der Waals surface area contributed by atoms with Crippen LogP contribution in [0, 0.1) is 6.92 Å². The van der Waals surface area contributed by atoms with Gasteiger partial charge in [-0.1, -0.05) is 54.1 Å². The standard InChI is InChI=1S/C17H16ClNO/c1-12-6-2-3-7-13(12)10-19-16-9-5-4-8-14(16)15(11-20)17(19)18/h2-9,20H,10-11H2,1H3. The van der Waals surface area contributed by atoms with Crippen molar-refractivity contribution >= 4 is 22.5 Å². The second kappa shape index (κ2) is 5.31. The molecule has 0 aliphatic heterocycles. The number of aliphatic hydroxyl groups excluding tert-OH is 1. The summed E-state index contributed by atoms with van der Waals surface area (Å²) in [4.78, 5) is 0. The van der Waals surface area contributed by atoms with Gasteiger partial charge in [-0.25, -0.2) is 0 Å². The number of aromatic nitrogens is 1. The zero-order valence-electron chi connectivity index (χ0n) is 11.3. The highest BCUT2D eigenvalue weighted by Crippen LogP contribution is 2.31. The van der Waals surface area contributed by atoms with Crippen molar-refractivity contribution < 1.29 is 5.11 Å². The lowest BCUT2D eigenvalue weighted by Gasteiger charge is -2.10. The van der Waals surface area contributed by atoms with Gasteiger partial charge in [0.1, 0.15) is 5.15 Å². The van der Waals surface area contributed by atoms with Crippen LogP contribution in [0.5, 0.6) is 0 Å². The molecule has 0 aliphatic rings. The monoisotopic (exact) mass is 285 g/mol. The minimum absolute atomic E-state index is 0.0415. The van der Waals surface area contributed by atoms with Crippen LogP contribution in [0.2, 0.25) is 5.15 Å². The number of hydrogen-bond acceptors (Lipinski definition) is 1.